The number of para-hydroxylation sites is 1. The van der Waals surface area contributed by atoms with E-state index in [-0.39, 0.29) is 11.3 Å². The summed E-state index contributed by atoms with van der Waals surface area (Å²) >= 11 is 5.83. The molecule has 0 N–H and O–H groups in total. The van der Waals surface area contributed by atoms with E-state index in [0.717, 1.165) is 5.75 Å². The molecule has 0 bridgehead atoms. The van der Waals surface area contributed by atoms with Crippen LogP contribution in [0.25, 0.3) is 0 Å². The lowest BCUT2D eigenvalue weighted by atomic mass is 10.2. The SMILES string of the molecule is CN1c2nc(Cl)ncc2OCC1COc1ccccc1. The number of aromatic nitrogens is 2. The van der Waals surface area contributed by atoms with Crippen LogP contribution in [0.15, 0.2) is 36.5 Å². The number of ether oxygens (including phenoxy) is 2. The summed E-state index contributed by atoms with van der Waals surface area (Å²) in [5.74, 6) is 2.18. The fourth-order valence-electron chi connectivity index (χ4n) is 2.04. The van der Waals surface area contributed by atoms with Gasteiger partial charge in [-0.1, -0.05) is 18.2 Å². The quantitative estimate of drug-likeness (QED) is 0.813. The minimum atomic E-state index is 0.0775. The van der Waals surface area contributed by atoms with Crippen LogP contribution in [0.5, 0.6) is 11.5 Å². The summed E-state index contributed by atoms with van der Waals surface area (Å²) in [5.41, 5.74) is 0. The van der Waals surface area contributed by atoms with E-state index in [0.29, 0.717) is 24.8 Å². The number of benzene rings is 1. The van der Waals surface area contributed by atoms with Gasteiger partial charge in [-0.15, -0.1) is 0 Å². The number of halogens is 1. The number of anilines is 1. The van der Waals surface area contributed by atoms with Gasteiger partial charge in [0, 0.05) is 7.05 Å². The first-order valence-electron chi connectivity index (χ1n) is 6.30. The summed E-state index contributed by atoms with van der Waals surface area (Å²) in [6.45, 7) is 1.04. The number of hydrogen-bond acceptors (Lipinski definition) is 5. The molecular weight excluding hydrogens is 278 g/mol. The summed E-state index contributed by atoms with van der Waals surface area (Å²) in [4.78, 5) is 10.1. The molecule has 104 valence electrons. The van der Waals surface area contributed by atoms with Crippen molar-refractivity contribution < 1.29 is 9.47 Å². The summed E-state index contributed by atoms with van der Waals surface area (Å²) in [6, 6.07) is 9.77. The maximum Gasteiger partial charge on any atom is 0.224 e. The van der Waals surface area contributed by atoms with Gasteiger partial charge in [-0.25, -0.2) is 4.98 Å². The van der Waals surface area contributed by atoms with Crippen molar-refractivity contribution in [1.29, 1.82) is 0 Å². The normalized spacial score (nSPS) is 17.3. The van der Waals surface area contributed by atoms with Crippen molar-refractivity contribution in [2.45, 2.75) is 6.04 Å². The highest BCUT2D eigenvalue weighted by Gasteiger charge is 2.27. The molecule has 1 aliphatic heterocycles. The number of fused-ring (bicyclic) bond motifs is 1. The summed E-state index contributed by atoms with van der Waals surface area (Å²) in [7, 11) is 1.95. The molecule has 1 aromatic heterocycles. The zero-order valence-electron chi connectivity index (χ0n) is 11.0. The maximum absolute atomic E-state index is 5.83. The Labute approximate surface area is 122 Å². The van der Waals surface area contributed by atoms with E-state index in [1.165, 1.54) is 0 Å². The van der Waals surface area contributed by atoms with Crippen LogP contribution in [0.2, 0.25) is 5.28 Å². The highest BCUT2D eigenvalue weighted by molar-refractivity contribution is 6.28. The standard InChI is InChI=1S/C14H14ClN3O2/c1-18-10(8-19-11-5-3-2-4-6-11)9-20-12-7-16-14(15)17-13(12)18/h2-7,10H,8-9H2,1H3. The first-order chi connectivity index (χ1) is 9.74. The van der Waals surface area contributed by atoms with Gasteiger partial charge in [0.05, 0.1) is 12.2 Å². The molecule has 2 heterocycles. The second-order valence-corrected chi connectivity index (χ2v) is 4.86. The van der Waals surface area contributed by atoms with Crippen molar-refractivity contribution in [3.05, 3.63) is 41.8 Å². The molecule has 3 rings (SSSR count). The van der Waals surface area contributed by atoms with Gasteiger partial charge in [0.25, 0.3) is 0 Å². The van der Waals surface area contributed by atoms with Crippen LogP contribution in [0.4, 0.5) is 5.82 Å². The third-order valence-corrected chi connectivity index (χ3v) is 3.39. The Hall–Kier alpha value is -2.01. The maximum atomic E-state index is 5.83. The van der Waals surface area contributed by atoms with Crippen LogP contribution in [0, 0.1) is 0 Å². The Kier molecular flexibility index (Phi) is 3.60. The lowest BCUT2D eigenvalue weighted by Gasteiger charge is -2.34. The minimum absolute atomic E-state index is 0.0775. The van der Waals surface area contributed by atoms with Crippen molar-refractivity contribution in [2.24, 2.45) is 0 Å². The molecule has 0 saturated carbocycles. The predicted octanol–water partition coefficient (Wildman–Crippen LogP) is 2.41. The fraction of sp³-hybridized carbons (Fsp3) is 0.286. The molecule has 20 heavy (non-hydrogen) atoms. The van der Waals surface area contributed by atoms with Crippen LogP contribution in [0.3, 0.4) is 0 Å². The van der Waals surface area contributed by atoms with Crippen LogP contribution >= 0.6 is 11.6 Å². The van der Waals surface area contributed by atoms with Gasteiger partial charge in [0.1, 0.15) is 19.0 Å². The van der Waals surface area contributed by atoms with E-state index in [9.17, 15) is 0 Å². The lowest BCUT2D eigenvalue weighted by molar-refractivity contribution is 0.202. The molecular formula is C14H14ClN3O2. The van der Waals surface area contributed by atoms with Crippen molar-refractivity contribution in [2.75, 3.05) is 25.2 Å². The topological polar surface area (TPSA) is 47.5 Å². The molecule has 0 saturated heterocycles. The molecule has 1 atom stereocenters. The third kappa shape index (κ3) is 2.63. The smallest absolute Gasteiger partial charge is 0.224 e. The van der Waals surface area contributed by atoms with Crippen LogP contribution in [-0.2, 0) is 0 Å². The van der Waals surface area contributed by atoms with E-state index >= 15 is 0 Å². The van der Waals surface area contributed by atoms with Gasteiger partial charge in [-0.3, -0.25) is 0 Å². The molecule has 0 radical (unpaired) electrons. The van der Waals surface area contributed by atoms with E-state index in [4.69, 9.17) is 21.1 Å². The Balaban J connectivity index is 1.70. The van der Waals surface area contributed by atoms with Crippen molar-refractivity contribution in [1.82, 2.24) is 9.97 Å². The van der Waals surface area contributed by atoms with E-state index in [2.05, 4.69) is 9.97 Å². The minimum Gasteiger partial charge on any atom is -0.491 e. The second-order valence-electron chi connectivity index (χ2n) is 4.53. The molecule has 0 fully saturated rings. The van der Waals surface area contributed by atoms with E-state index in [1.807, 2.05) is 42.3 Å². The van der Waals surface area contributed by atoms with Gasteiger partial charge >= 0.3 is 0 Å². The van der Waals surface area contributed by atoms with Crippen LogP contribution < -0.4 is 14.4 Å². The predicted molar refractivity (Wildman–Crippen MR) is 76.7 cm³/mol. The fourth-order valence-corrected chi connectivity index (χ4v) is 2.16. The molecule has 0 spiro atoms. The summed E-state index contributed by atoms with van der Waals surface area (Å²) in [5, 5.41) is 0.212. The second kappa shape index (κ2) is 5.54. The average molecular weight is 292 g/mol. The average Bonchev–Trinajstić information content (AvgIpc) is 2.48. The van der Waals surface area contributed by atoms with E-state index < -0.39 is 0 Å². The first kappa shape index (κ1) is 13.0. The van der Waals surface area contributed by atoms with Gasteiger partial charge < -0.3 is 14.4 Å². The molecule has 1 unspecified atom stereocenters. The van der Waals surface area contributed by atoms with Gasteiger partial charge in [-0.2, -0.15) is 4.98 Å². The molecule has 0 aliphatic carbocycles. The Morgan fingerprint density at radius 1 is 1.40 bits per heavy atom. The van der Waals surface area contributed by atoms with Crippen molar-refractivity contribution in [3.8, 4) is 11.5 Å². The molecule has 5 nitrogen and oxygen atoms in total. The highest BCUT2D eigenvalue weighted by atomic mass is 35.5. The number of nitrogens with zero attached hydrogens (tertiary/aromatic N) is 3. The van der Waals surface area contributed by atoms with Gasteiger partial charge in [-0.05, 0) is 23.7 Å². The molecule has 6 heteroatoms. The number of likely N-dealkylation sites (N-methyl/N-ethyl adjacent to an activating group) is 1. The summed E-state index contributed by atoms with van der Waals surface area (Å²) in [6.07, 6.45) is 1.59. The number of rotatable bonds is 3. The van der Waals surface area contributed by atoms with Gasteiger partial charge in [0.2, 0.25) is 5.28 Å². The first-order valence-corrected chi connectivity index (χ1v) is 6.68. The monoisotopic (exact) mass is 291 g/mol. The van der Waals surface area contributed by atoms with Crippen molar-refractivity contribution in [3.63, 3.8) is 0 Å². The third-order valence-electron chi connectivity index (χ3n) is 3.21. The largest absolute Gasteiger partial charge is 0.491 e. The van der Waals surface area contributed by atoms with Crippen LogP contribution in [0.1, 0.15) is 0 Å². The number of hydrogen-bond donors (Lipinski definition) is 0. The zero-order valence-corrected chi connectivity index (χ0v) is 11.7. The molecule has 1 aliphatic rings. The van der Waals surface area contributed by atoms with Gasteiger partial charge in [0.15, 0.2) is 11.6 Å². The van der Waals surface area contributed by atoms with Crippen molar-refractivity contribution >= 4 is 17.4 Å². The Bertz CT molecular complexity index is 594. The lowest BCUT2D eigenvalue weighted by Crippen LogP contribution is -2.44. The Morgan fingerprint density at radius 2 is 2.20 bits per heavy atom. The van der Waals surface area contributed by atoms with Crippen LogP contribution in [-0.4, -0.2) is 36.3 Å². The molecule has 0 amide bonds. The highest BCUT2D eigenvalue weighted by Crippen LogP contribution is 2.30. The van der Waals surface area contributed by atoms with E-state index in [1.54, 1.807) is 6.20 Å². The molecule has 2 aromatic rings. The molecule has 1 aromatic carbocycles. The zero-order chi connectivity index (χ0) is 13.9. The summed E-state index contributed by atoms with van der Waals surface area (Å²) < 4.78 is 11.4. The Morgan fingerprint density at radius 3 is 3.00 bits per heavy atom.